The number of carbonyl (C=O) groups excluding carboxylic acids is 2. The Morgan fingerprint density at radius 2 is 2.03 bits per heavy atom. The van der Waals surface area contributed by atoms with E-state index in [0.717, 1.165) is 13.0 Å². The van der Waals surface area contributed by atoms with Crippen LogP contribution >= 0.6 is 7.75 Å². The van der Waals surface area contributed by atoms with Crippen molar-refractivity contribution in [3.8, 4) is 5.75 Å². The van der Waals surface area contributed by atoms with Crippen molar-refractivity contribution in [3.63, 3.8) is 0 Å². The number of aliphatic hydroxyl groups excluding tert-OH is 1. The van der Waals surface area contributed by atoms with Gasteiger partial charge in [-0.05, 0) is 39.8 Å². The van der Waals surface area contributed by atoms with Gasteiger partial charge in [-0.2, -0.15) is 5.09 Å². The number of hydrogen-bond acceptors (Lipinski definition) is 9. The summed E-state index contributed by atoms with van der Waals surface area (Å²) in [5, 5.41) is 15.6. The Bertz CT molecular complexity index is 1050. The molecule has 1 fully saturated rings. The molecule has 3 N–H and O–H groups in total. The molecule has 0 aromatic heterocycles. The highest BCUT2D eigenvalue weighted by Gasteiger charge is 2.57. The molecule has 36 heavy (non-hydrogen) atoms. The molecule has 2 heterocycles. The second-order valence-corrected chi connectivity index (χ2v) is 10.5. The quantitative estimate of drug-likeness (QED) is 0.307. The molecule has 198 valence electrons. The predicted molar refractivity (Wildman–Crippen MR) is 127 cm³/mol. The van der Waals surface area contributed by atoms with Crippen LogP contribution in [-0.4, -0.2) is 64.7 Å². The molecule has 1 saturated heterocycles. The highest BCUT2D eigenvalue weighted by atomic mass is 31.2. The maximum atomic E-state index is 15.5. The van der Waals surface area contributed by atoms with Crippen molar-refractivity contribution in [2.75, 3.05) is 6.61 Å². The largest absolute Gasteiger partial charge is 0.462 e. The number of hydrogen-bond donors (Lipinski definition) is 3. The fourth-order valence-electron chi connectivity index (χ4n) is 3.56. The zero-order valence-corrected chi connectivity index (χ0v) is 21.3. The first-order valence-corrected chi connectivity index (χ1v) is 12.8. The lowest BCUT2D eigenvalue weighted by Crippen LogP contribution is -2.51. The molecule has 2 aliphatic heterocycles. The third-order valence-corrected chi connectivity index (χ3v) is 7.01. The third-order valence-electron chi connectivity index (χ3n) is 5.37. The highest BCUT2D eigenvalue weighted by Crippen LogP contribution is 2.46. The average Bonchev–Trinajstić information content (AvgIpc) is 3.01. The van der Waals surface area contributed by atoms with Gasteiger partial charge in [0.1, 0.15) is 29.8 Å². The van der Waals surface area contributed by atoms with Gasteiger partial charge in [0.2, 0.25) is 0 Å². The first-order chi connectivity index (χ1) is 16.8. The van der Waals surface area contributed by atoms with E-state index in [1.165, 1.54) is 30.2 Å². The van der Waals surface area contributed by atoms with Gasteiger partial charge in [0.25, 0.3) is 5.91 Å². The van der Waals surface area contributed by atoms with Crippen LogP contribution in [0.1, 0.15) is 27.7 Å². The number of halogens is 1. The summed E-state index contributed by atoms with van der Waals surface area (Å²) in [6, 6.07) is 7.01. The standard InChI is InChI=1S/C23H31FN3O8P/c1-14(2)33-21(30)15(3)26-36(31,35-17-9-7-6-8-10-17)32-13-18-20(29)23(5,24)22(34-18)27-12-11-19(28)25-16(27)4/h6-12,14-15,18,20,22,29H,4,13H2,1-3,5H3,(H,25,28)(H,26,31)/t15-,18+,20?,22+,23-,36?/m0/s1. The SMILES string of the molecule is C=C1NC(=O)C=CN1[C@@H]1O[C@H](COP(=O)(N[C@@H](C)C(=O)OC(C)C)Oc2ccccc2)C(O)[C@]1(C)F. The molecule has 0 spiro atoms. The summed E-state index contributed by atoms with van der Waals surface area (Å²) in [6.45, 7) is 9.00. The number of aliphatic hydroxyl groups is 1. The highest BCUT2D eigenvalue weighted by molar-refractivity contribution is 7.52. The van der Waals surface area contributed by atoms with Gasteiger partial charge in [-0.1, -0.05) is 24.8 Å². The summed E-state index contributed by atoms with van der Waals surface area (Å²) < 4.78 is 51.0. The van der Waals surface area contributed by atoms with E-state index in [1.807, 2.05) is 0 Å². The summed E-state index contributed by atoms with van der Waals surface area (Å²) in [5.74, 6) is -0.881. The fraction of sp³-hybridized carbons (Fsp3) is 0.478. The summed E-state index contributed by atoms with van der Waals surface area (Å²) in [4.78, 5) is 25.0. The van der Waals surface area contributed by atoms with Crippen molar-refractivity contribution >= 4 is 19.6 Å². The van der Waals surface area contributed by atoms with Gasteiger partial charge in [-0.15, -0.1) is 0 Å². The van der Waals surface area contributed by atoms with E-state index in [1.54, 1.807) is 32.0 Å². The van der Waals surface area contributed by atoms with Crippen LogP contribution in [0.2, 0.25) is 0 Å². The summed E-state index contributed by atoms with van der Waals surface area (Å²) >= 11 is 0. The Morgan fingerprint density at radius 3 is 2.64 bits per heavy atom. The van der Waals surface area contributed by atoms with Crippen molar-refractivity contribution in [2.24, 2.45) is 0 Å². The van der Waals surface area contributed by atoms with Crippen LogP contribution in [0.4, 0.5) is 4.39 Å². The monoisotopic (exact) mass is 527 g/mol. The van der Waals surface area contributed by atoms with Crippen LogP contribution in [-0.2, 0) is 28.2 Å². The minimum Gasteiger partial charge on any atom is -0.462 e. The number of alkyl halides is 1. The molecule has 0 radical (unpaired) electrons. The minimum absolute atomic E-state index is 0.0578. The van der Waals surface area contributed by atoms with Gasteiger partial charge in [0.05, 0.1) is 12.7 Å². The van der Waals surface area contributed by atoms with E-state index in [4.69, 9.17) is 18.5 Å². The molecule has 0 bridgehead atoms. The van der Waals surface area contributed by atoms with E-state index in [2.05, 4.69) is 17.0 Å². The smallest absolute Gasteiger partial charge is 0.459 e. The average molecular weight is 527 g/mol. The maximum absolute atomic E-state index is 15.5. The Labute approximate surface area is 208 Å². The molecule has 13 heteroatoms. The Hall–Kier alpha value is -2.76. The normalized spacial score (nSPS) is 28.5. The Morgan fingerprint density at radius 1 is 1.36 bits per heavy atom. The number of ether oxygens (including phenoxy) is 2. The van der Waals surface area contributed by atoms with Crippen molar-refractivity contribution < 1.29 is 42.2 Å². The van der Waals surface area contributed by atoms with Gasteiger partial charge < -0.3 is 29.3 Å². The molecule has 1 aromatic carbocycles. The summed E-state index contributed by atoms with van der Waals surface area (Å²) in [6.07, 6.45) is -2.30. The molecular weight excluding hydrogens is 496 g/mol. The fourth-order valence-corrected chi connectivity index (χ4v) is 5.06. The molecule has 0 aliphatic carbocycles. The van der Waals surface area contributed by atoms with E-state index in [0.29, 0.717) is 0 Å². The number of benzene rings is 1. The Kier molecular flexibility index (Phi) is 8.58. The van der Waals surface area contributed by atoms with Gasteiger partial charge in [0, 0.05) is 12.3 Å². The number of amides is 1. The lowest BCUT2D eigenvalue weighted by atomic mass is 9.98. The van der Waals surface area contributed by atoms with Crippen LogP contribution < -0.4 is 14.9 Å². The Balaban J connectivity index is 1.76. The molecular formula is C23H31FN3O8P. The topological polar surface area (TPSA) is 136 Å². The lowest BCUT2D eigenvalue weighted by Gasteiger charge is -2.35. The summed E-state index contributed by atoms with van der Waals surface area (Å²) in [5.41, 5.74) is -2.32. The van der Waals surface area contributed by atoms with Gasteiger partial charge in [-0.3, -0.25) is 14.1 Å². The molecule has 2 aliphatic rings. The van der Waals surface area contributed by atoms with Crippen LogP contribution in [0.5, 0.6) is 5.75 Å². The zero-order valence-electron chi connectivity index (χ0n) is 20.4. The molecule has 3 rings (SSSR count). The van der Waals surface area contributed by atoms with E-state index in [-0.39, 0.29) is 11.6 Å². The van der Waals surface area contributed by atoms with Crippen LogP contribution in [0.25, 0.3) is 0 Å². The first-order valence-electron chi connectivity index (χ1n) is 11.3. The van der Waals surface area contributed by atoms with Crippen molar-refractivity contribution in [2.45, 2.75) is 63.9 Å². The van der Waals surface area contributed by atoms with Gasteiger partial charge in [0.15, 0.2) is 11.9 Å². The maximum Gasteiger partial charge on any atom is 0.459 e. The van der Waals surface area contributed by atoms with E-state index < -0.39 is 62.5 Å². The molecule has 6 atom stereocenters. The molecule has 2 unspecified atom stereocenters. The number of nitrogens with one attached hydrogen (secondary N) is 2. The van der Waals surface area contributed by atoms with Crippen LogP contribution in [0, 0.1) is 0 Å². The van der Waals surface area contributed by atoms with Crippen LogP contribution in [0.15, 0.2) is 55.0 Å². The van der Waals surface area contributed by atoms with Crippen molar-refractivity contribution in [1.82, 2.24) is 15.3 Å². The van der Waals surface area contributed by atoms with E-state index in [9.17, 15) is 19.3 Å². The molecule has 0 saturated carbocycles. The van der Waals surface area contributed by atoms with Gasteiger partial charge >= 0.3 is 13.7 Å². The molecule has 11 nitrogen and oxygen atoms in total. The molecule has 1 amide bonds. The van der Waals surface area contributed by atoms with E-state index >= 15 is 4.39 Å². The number of nitrogens with zero attached hydrogens (tertiary/aromatic N) is 1. The third kappa shape index (κ3) is 6.51. The minimum atomic E-state index is -4.25. The second kappa shape index (κ2) is 11.1. The molecule has 1 aromatic rings. The number of para-hydroxylation sites is 1. The number of rotatable bonds is 10. The zero-order chi connectivity index (χ0) is 26.7. The predicted octanol–water partition coefficient (Wildman–Crippen LogP) is 2.35. The number of carbonyl (C=O) groups is 2. The number of esters is 1. The van der Waals surface area contributed by atoms with Gasteiger partial charge in [-0.25, -0.2) is 8.96 Å². The lowest BCUT2D eigenvalue weighted by molar-refractivity contribution is -0.149. The second-order valence-electron chi connectivity index (χ2n) is 8.82. The first kappa shape index (κ1) is 27.8. The van der Waals surface area contributed by atoms with Crippen molar-refractivity contribution in [3.05, 3.63) is 55.0 Å². The van der Waals surface area contributed by atoms with Crippen molar-refractivity contribution in [1.29, 1.82) is 0 Å². The summed E-state index contributed by atoms with van der Waals surface area (Å²) in [7, 11) is -4.25. The van der Waals surface area contributed by atoms with Crippen LogP contribution in [0.3, 0.4) is 0 Å².